The van der Waals surface area contributed by atoms with E-state index in [4.69, 9.17) is 9.47 Å². The van der Waals surface area contributed by atoms with Crippen molar-refractivity contribution in [1.29, 1.82) is 0 Å². The number of halogens is 1. The topological polar surface area (TPSA) is 30.5 Å². The first-order chi connectivity index (χ1) is 10.2. The molecule has 0 saturated carbocycles. The molecule has 3 nitrogen and oxygen atoms in total. The van der Waals surface area contributed by atoms with E-state index in [1.54, 1.807) is 7.11 Å². The van der Waals surface area contributed by atoms with E-state index in [-0.39, 0.29) is 0 Å². The predicted molar refractivity (Wildman–Crippen MR) is 94.0 cm³/mol. The van der Waals surface area contributed by atoms with E-state index in [0.29, 0.717) is 0 Å². The van der Waals surface area contributed by atoms with E-state index in [2.05, 4.69) is 47.0 Å². The molecule has 0 aliphatic carbocycles. The molecule has 2 aromatic rings. The van der Waals surface area contributed by atoms with E-state index in [1.165, 1.54) is 14.7 Å². The molecule has 0 radical (unpaired) electrons. The molecule has 0 saturated heterocycles. The molecule has 21 heavy (non-hydrogen) atoms. The molecule has 0 amide bonds. The van der Waals surface area contributed by atoms with Gasteiger partial charge in [-0.15, -0.1) is 0 Å². The largest absolute Gasteiger partial charge is 0.457 e. The second-order valence-electron chi connectivity index (χ2n) is 4.82. The van der Waals surface area contributed by atoms with Crippen LogP contribution < -0.4 is 10.1 Å². The summed E-state index contributed by atoms with van der Waals surface area (Å²) in [5.41, 5.74) is 2.50. The standard InChI is InChI=1S/C17H20INO2/c1-13-10-17(21-16-5-3-4-15(18)11-16)7-6-14(13)12-19-8-9-20-2/h3-7,10-11,19H,8-9,12H2,1-2H3. The van der Waals surface area contributed by atoms with Gasteiger partial charge in [-0.3, -0.25) is 0 Å². The minimum Gasteiger partial charge on any atom is -0.457 e. The van der Waals surface area contributed by atoms with Crippen molar-refractivity contribution in [1.82, 2.24) is 5.32 Å². The van der Waals surface area contributed by atoms with Gasteiger partial charge in [-0.1, -0.05) is 12.1 Å². The van der Waals surface area contributed by atoms with Crippen molar-refractivity contribution in [2.45, 2.75) is 13.5 Å². The van der Waals surface area contributed by atoms with Gasteiger partial charge in [0.2, 0.25) is 0 Å². The molecule has 0 spiro atoms. The number of hydrogen-bond donors (Lipinski definition) is 1. The van der Waals surface area contributed by atoms with Crippen LogP contribution in [0.1, 0.15) is 11.1 Å². The molecule has 0 aliphatic rings. The van der Waals surface area contributed by atoms with Crippen LogP contribution in [-0.2, 0) is 11.3 Å². The summed E-state index contributed by atoms with van der Waals surface area (Å²) in [6.07, 6.45) is 0. The van der Waals surface area contributed by atoms with Gasteiger partial charge >= 0.3 is 0 Å². The van der Waals surface area contributed by atoms with Crippen molar-refractivity contribution in [2.24, 2.45) is 0 Å². The molecule has 0 aliphatic heterocycles. The van der Waals surface area contributed by atoms with Gasteiger partial charge in [-0.05, 0) is 71.0 Å². The third-order valence-corrected chi connectivity index (χ3v) is 3.82. The zero-order chi connectivity index (χ0) is 15.1. The molecule has 0 heterocycles. The van der Waals surface area contributed by atoms with E-state index >= 15 is 0 Å². The molecule has 112 valence electrons. The summed E-state index contributed by atoms with van der Waals surface area (Å²) in [6, 6.07) is 14.2. The normalized spacial score (nSPS) is 10.6. The summed E-state index contributed by atoms with van der Waals surface area (Å²) in [7, 11) is 1.71. The first-order valence-corrected chi connectivity index (χ1v) is 7.99. The van der Waals surface area contributed by atoms with Crippen LogP contribution in [0.5, 0.6) is 11.5 Å². The SMILES string of the molecule is COCCNCc1ccc(Oc2cccc(I)c2)cc1C. The third kappa shape index (κ3) is 5.30. The fraction of sp³-hybridized carbons (Fsp3) is 0.294. The summed E-state index contributed by atoms with van der Waals surface area (Å²) >= 11 is 2.28. The Morgan fingerprint density at radius 2 is 1.90 bits per heavy atom. The Morgan fingerprint density at radius 3 is 2.62 bits per heavy atom. The fourth-order valence-electron chi connectivity index (χ4n) is 1.99. The van der Waals surface area contributed by atoms with Crippen LogP contribution in [0.25, 0.3) is 0 Å². The molecule has 2 rings (SSSR count). The number of ether oxygens (including phenoxy) is 2. The Balaban J connectivity index is 1.98. The van der Waals surface area contributed by atoms with E-state index < -0.39 is 0 Å². The summed E-state index contributed by atoms with van der Waals surface area (Å²) in [5, 5.41) is 3.35. The first kappa shape index (κ1) is 16.3. The van der Waals surface area contributed by atoms with Crippen LogP contribution in [0.2, 0.25) is 0 Å². The number of rotatable bonds is 7. The summed E-state index contributed by atoms with van der Waals surface area (Å²) in [4.78, 5) is 0. The van der Waals surface area contributed by atoms with E-state index in [9.17, 15) is 0 Å². The van der Waals surface area contributed by atoms with Crippen LogP contribution in [0.4, 0.5) is 0 Å². The van der Waals surface area contributed by atoms with Crippen molar-refractivity contribution in [3.63, 3.8) is 0 Å². The van der Waals surface area contributed by atoms with Crippen molar-refractivity contribution in [2.75, 3.05) is 20.3 Å². The van der Waals surface area contributed by atoms with Gasteiger partial charge in [0.1, 0.15) is 11.5 Å². The highest BCUT2D eigenvalue weighted by Gasteiger charge is 2.03. The van der Waals surface area contributed by atoms with E-state index in [1.807, 2.05) is 30.3 Å². The summed E-state index contributed by atoms with van der Waals surface area (Å²) in [6.45, 7) is 4.54. The monoisotopic (exact) mass is 397 g/mol. The lowest BCUT2D eigenvalue weighted by Gasteiger charge is -2.11. The Kier molecular flexibility index (Phi) is 6.48. The Hall–Kier alpha value is -1.11. The maximum absolute atomic E-state index is 5.89. The molecule has 0 atom stereocenters. The Morgan fingerprint density at radius 1 is 1.10 bits per heavy atom. The molecule has 0 bridgehead atoms. The van der Waals surface area contributed by atoms with Gasteiger partial charge < -0.3 is 14.8 Å². The molecule has 0 aromatic heterocycles. The van der Waals surface area contributed by atoms with Crippen molar-refractivity contribution in [3.8, 4) is 11.5 Å². The quantitative estimate of drug-likeness (QED) is 0.563. The number of benzene rings is 2. The minimum atomic E-state index is 0.729. The molecule has 1 N–H and O–H groups in total. The summed E-state index contributed by atoms with van der Waals surface area (Å²) < 4.78 is 12.1. The zero-order valence-corrected chi connectivity index (χ0v) is 14.5. The molecular weight excluding hydrogens is 377 g/mol. The third-order valence-electron chi connectivity index (χ3n) is 3.14. The van der Waals surface area contributed by atoms with Crippen LogP contribution in [0, 0.1) is 10.5 Å². The highest BCUT2D eigenvalue weighted by Crippen LogP contribution is 2.25. The van der Waals surface area contributed by atoms with Gasteiger partial charge in [0.25, 0.3) is 0 Å². The highest BCUT2D eigenvalue weighted by molar-refractivity contribution is 14.1. The number of aryl methyl sites for hydroxylation is 1. The second-order valence-corrected chi connectivity index (χ2v) is 6.06. The predicted octanol–water partition coefficient (Wildman–Crippen LogP) is 4.13. The molecular formula is C17H20INO2. The first-order valence-electron chi connectivity index (χ1n) is 6.91. The minimum absolute atomic E-state index is 0.729. The van der Waals surface area contributed by atoms with Gasteiger partial charge in [0, 0.05) is 23.8 Å². The van der Waals surface area contributed by atoms with Crippen molar-refractivity contribution >= 4 is 22.6 Å². The smallest absolute Gasteiger partial charge is 0.128 e. The number of methoxy groups -OCH3 is 1. The molecule has 0 unspecified atom stereocenters. The van der Waals surface area contributed by atoms with Crippen LogP contribution in [-0.4, -0.2) is 20.3 Å². The Bertz CT molecular complexity index is 587. The van der Waals surface area contributed by atoms with Crippen molar-refractivity contribution < 1.29 is 9.47 Å². The lowest BCUT2D eigenvalue weighted by molar-refractivity contribution is 0.199. The van der Waals surface area contributed by atoms with Crippen molar-refractivity contribution in [3.05, 3.63) is 57.2 Å². The lowest BCUT2D eigenvalue weighted by Crippen LogP contribution is -2.19. The summed E-state index contributed by atoms with van der Waals surface area (Å²) in [5.74, 6) is 1.74. The van der Waals surface area contributed by atoms with Crippen LogP contribution in [0.3, 0.4) is 0 Å². The number of hydrogen-bond acceptors (Lipinski definition) is 3. The lowest BCUT2D eigenvalue weighted by atomic mass is 10.1. The molecule has 4 heteroatoms. The van der Waals surface area contributed by atoms with Crippen LogP contribution in [0.15, 0.2) is 42.5 Å². The van der Waals surface area contributed by atoms with Gasteiger partial charge in [-0.25, -0.2) is 0 Å². The second kappa shape index (κ2) is 8.36. The van der Waals surface area contributed by atoms with Gasteiger partial charge in [0.15, 0.2) is 0 Å². The van der Waals surface area contributed by atoms with Gasteiger partial charge in [0.05, 0.1) is 6.61 Å². The Labute approximate surface area is 139 Å². The maximum Gasteiger partial charge on any atom is 0.128 e. The molecule has 2 aromatic carbocycles. The highest BCUT2D eigenvalue weighted by atomic mass is 127. The van der Waals surface area contributed by atoms with E-state index in [0.717, 1.165) is 31.2 Å². The maximum atomic E-state index is 5.89. The van der Waals surface area contributed by atoms with Gasteiger partial charge in [-0.2, -0.15) is 0 Å². The zero-order valence-electron chi connectivity index (χ0n) is 12.4. The fourth-order valence-corrected chi connectivity index (χ4v) is 2.51. The average Bonchev–Trinajstić information content (AvgIpc) is 2.45. The molecule has 0 fully saturated rings. The number of nitrogens with one attached hydrogen (secondary N) is 1. The average molecular weight is 397 g/mol. The van der Waals surface area contributed by atoms with Crippen LogP contribution >= 0.6 is 22.6 Å².